The summed E-state index contributed by atoms with van der Waals surface area (Å²) in [6, 6.07) is 0. The Labute approximate surface area is 106 Å². The zero-order valence-electron chi connectivity index (χ0n) is 11.2. The molecule has 96 valence electrons. The zero-order valence-corrected chi connectivity index (χ0v) is 11.2. The second kappa shape index (κ2) is 4.67. The Morgan fingerprint density at radius 1 is 1.47 bits per heavy atom. The van der Waals surface area contributed by atoms with Gasteiger partial charge in [0.2, 0.25) is 5.91 Å². The van der Waals surface area contributed by atoms with Crippen LogP contribution in [0.4, 0.5) is 0 Å². The summed E-state index contributed by atoms with van der Waals surface area (Å²) in [7, 11) is 0. The second-order valence-electron chi connectivity index (χ2n) is 5.79. The molecular weight excluding hydrogens is 210 g/mol. The van der Waals surface area contributed by atoms with E-state index in [4.69, 9.17) is 0 Å². The van der Waals surface area contributed by atoms with Gasteiger partial charge in [-0.25, -0.2) is 0 Å². The Hall–Kier alpha value is -1.05. The first kappa shape index (κ1) is 12.4. The van der Waals surface area contributed by atoms with Gasteiger partial charge in [-0.15, -0.1) is 0 Å². The van der Waals surface area contributed by atoms with E-state index in [1.165, 1.54) is 24.8 Å². The Morgan fingerprint density at radius 2 is 2.24 bits per heavy atom. The lowest BCUT2D eigenvalue weighted by atomic mass is 9.74. The average molecular weight is 235 g/mol. The number of hydrogen-bond acceptors (Lipinski definition) is 1. The van der Waals surface area contributed by atoms with Crippen LogP contribution >= 0.6 is 0 Å². The van der Waals surface area contributed by atoms with Crippen molar-refractivity contribution in [2.75, 3.05) is 0 Å². The fourth-order valence-corrected chi connectivity index (χ4v) is 2.88. The molecule has 2 nitrogen and oxygen atoms in total. The number of rotatable bonds is 2. The SMILES string of the molecule is CC(C)C(=O)NC1(C)CCCC2=C1C=CCC2.[HH]. The van der Waals surface area contributed by atoms with Crippen LogP contribution in [0.3, 0.4) is 0 Å². The van der Waals surface area contributed by atoms with Crippen LogP contribution in [-0.2, 0) is 4.79 Å². The molecule has 1 N–H and O–H groups in total. The van der Waals surface area contributed by atoms with Crippen molar-refractivity contribution in [3.05, 3.63) is 23.3 Å². The minimum Gasteiger partial charge on any atom is -0.347 e. The molecule has 0 fully saturated rings. The van der Waals surface area contributed by atoms with Crippen molar-refractivity contribution in [2.45, 2.75) is 58.4 Å². The summed E-state index contributed by atoms with van der Waals surface area (Å²) in [4.78, 5) is 11.9. The highest BCUT2D eigenvalue weighted by Crippen LogP contribution is 2.38. The van der Waals surface area contributed by atoms with Gasteiger partial charge in [0.15, 0.2) is 0 Å². The fraction of sp³-hybridized carbons (Fsp3) is 0.667. The molecule has 0 radical (unpaired) electrons. The lowest BCUT2D eigenvalue weighted by Crippen LogP contribution is -2.50. The van der Waals surface area contributed by atoms with Gasteiger partial charge in [0.05, 0.1) is 5.54 Å². The van der Waals surface area contributed by atoms with Crippen LogP contribution in [0.2, 0.25) is 0 Å². The molecule has 0 aromatic rings. The van der Waals surface area contributed by atoms with E-state index in [9.17, 15) is 4.79 Å². The summed E-state index contributed by atoms with van der Waals surface area (Å²) in [5, 5.41) is 3.25. The molecule has 0 aliphatic heterocycles. The maximum atomic E-state index is 11.9. The van der Waals surface area contributed by atoms with Crippen molar-refractivity contribution >= 4 is 5.91 Å². The molecule has 0 aromatic carbocycles. The maximum absolute atomic E-state index is 11.9. The largest absolute Gasteiger partial charge is 0.347 e. The fourth-order valence-electron chi connectivity index (χ4n) is 2.88. The zero-order chi connectivity index (χ0) is 12.5. The van der Waals surface area contributed by atoms with Crippen LogP contribution < -0.4 is 5.32 Å². The molecule has 0 bridgehead atoms. The minimum absolute atomic E-state index is 0. The minimum atomic E-state index is -0.133. The summed E-state index contributed by atoms with van der Waals surface area (Å²) in [6.45, 7) is 6.08. The molecular formula is C15H25NO. The molecule has 2 rings (SSSR count). The molecule has 2 aliphatic rings. The number of allylic oxidation sites excluding steroid dienone is 2. The summed E-state index contributed by atoms with van der Waals surface area (Å²) in [6.07, 6.45) is 10.3. The van der Waals surface area contributed by atoms with E-state index >= 15 is 0 Å². The smallest absolute Gasteiger partial charge is 0.223 e. The number of hydrogen-bond donors (Lipinski definition) is 1. The first-order chi connectivity index (χ1) is 8.03. The van der Waals surface area contributed by atoms with Gasteiger partial charge in [0, 0.05) is 7.34 Å². The van der Waals surface area contributed by atoms with Gasteiger partial charge in [0.25, 0.3) is 0 Å². The molecule has 0 heterocycles. The van der Waals surface area contributed by atoms with Crippen molar-refractivity contribution in [2.24, 2.45) is 5.92 Å². The highest BCUT2D eigenvalue weighted by molar-refractivity contribution is 5.79. The third kappa shape index (κ3) is 2.46. The van der Waals surface area contributed by atoms with Gasteiger partial charge in [-0.2, -0.15) is 0 Å². The van der Waals surface area contributed by atoms with Gasteiger partial charge in [-0.1, -0.05) is 31.6 Å². The number of carbonyl (C=O) groups excluding carboxylic acids is 1. The van der Waals surface area contributed by atoms with E-state index in [2.05, 4.69) is 24.4 Å². The molecule has 1 amide bonds. The predicted octanol–water partition coefficient (Wildman–Crippen LogP) is 3.59. The standard InChI is InChI=1S/C15H23NO.H2/c1-11(2)14(17)16-15(3)10-6-8-12-7-4-5-9-13(12)15;/h5,9,11H,4,6-8,10H2,1-3H3,(H,16,17);1H. The van der Waals surface area contributed by atoms with E-state index in [1.807, 2.05) is 13.8 Å². The van der Waals surface area contributed by atoms with Gasteiger partial charge in [0.1, 0.15) is 0 Å². The van der Waals surface area contributed by atoms with E-state index in [0.29, 0.717) is 0 Å². The van der Waals surface area contributed by atoms with E-state index in [-0.39, 0.29) is 18.8 Å². The maximum Gasteiger partial charge on any atom is 0.223 e. The topological polar surface area (TPSA) is 29.1 Å². The van der Waals surface area contributed by atoms with Gasteiger partial charge in [-0.05, 0) is 44.6 Å². The van der Waals surface area contributed by atoms with Crippen molar-refractivity contribution in [3.8, 4) is 0 Å². The summed E-state index contributed by atoms with van der Waals surface area (Å²) < 4.78 is 0. The Balaban J connectivity index is 0.00000162. The molecule has 0 saturated carbocycles. The van der Waals surface area contributed by atoms with Crippen molar-refractivity contribution in [1.29, 1.82) is 0 Å². The third-order valence-corrected chi connectivity index (χ3v) is 3.95. The van der Waals surface area contributed by atoms with Crippen LogP contribution in [0.25, 0.3) is 0 Å². The number of nitrogens with one attached hydrogen (secondary N) is 1. The van der Waals surface area contributed by atoms with E-state index < -0.39 is 0 Å². The summed E-state index contributed by atoms with van der Waals surface area (Å²) >= 11 is 0. The number of amides is 1. The molecule has 2 aliphatic carbocycles. The summed E-state index contributed by atoms with van der Waals surface area (Å²) in [5.74, 6) is 0.227. The van der Waals surface area contributed by atoms with Crippen LogP contribution in [0, 0.1) is 5.92 Å². The van der Waals surface area contributed by atoms with Crippen LogP contribution in [0.5, 0.6) is 0 Å². The van der Waals surface area contributed by atoms with Crippen LogP contribution in [0.15, 0.2) is 23.3 Å². The molecule has 0 spiro atoms. The average Bonchev–Trinajstić information content (AvgIpc) is 2.29. The molecule has 17 heavy (non-hydrogen) atoms. The quantitative estimate of drug-likeness (QED) is 0.778. The van der Waals surface area contributed by atoms with E-state index in [1.54, 1.807) is 5.57 Å². The Kier molecular flexibility index (Phi) is 3.41. The molecule has 1 unspecified atom stereocenters. The first-order valence-corrected chi connectivity index (χ1v) is 6.74. The lowest BCUT2D eigenvalue weighted by Gasteiger charge is -2.39. The molecule has 0 saturated heterocycles. The second-order valence-corrected chi connectivity index (χ2v) is 5.79. The van der Waals surface area contributed by atoms with Crippen molar-refractivity contribution < 1.29 is 6.22 Å². The highest BCUT2D eigenvalue weighted by Gasteiger charge is 2.35. The highest BCUT2D eigenvalue weighted by atomic mass is 16.2. The van der Waals surface area contributed by atoms with Gasteiger partial charge >= 0.3 is 0 Å². The monoisotopic (exact) mass is 235 g/mol. The molecule has 1 atom stereocenters. The van der Waals surface area contributed by atoms with Crippen molar-refractivity contribution in [1.82, 2.24) is 5.32 Å². The molecule has 2 heteroatoms. The Morgan fingerprint density at radius 3 is 2.94 bits per heavy atom. The predicted molar refractivity (Wildman–Crippen MR) is 72.8 cm³/mol. The van der Waals surface area contributed by atoms with Crippen LogP contribution in [-0.4, -0.2) is 11.4 Å². The normalized spacial score (nSPS) is 28.2. The third-order valence-electron chi connectivity index (χ3n) is 3.95. The van der Waals surface area contributed by atoms with Crippen LogP contribution in [0.1, 0.15) is 54.3 Å². The first-order valence-electron chi connectivity index (χ1n) is 6.74. The Bertz CT molecular complexity index is 384. The van der Waals surface area contributed by atoms with E-state index in [0.717, 1.165) is 12.8 Å². The van der Waals surface area contributed by atoms with Gasteiger partial charge in [-0.3, -0.25) is 4.79 Å². The van der Waals surface area contributed by atoms with Crippen molar-refractivity contribution in [3.63, 3.8) is 0 Å². The van der Waals surface area contributed by atoms with Gasteiger partial charge < -0.3 is 5.32 Å². The molecule has 0 aromatic heterocycles. The lowest BCUT2D eigenvalue weighted by molar-refractivity contribution is -0.125. The number of carbonyl (C=O) groups is 1. The summed E-state index contributed by atoms with van der Waals surface area (Å²) in [5.41, 5.74) is 2.81.